The molecule has 1 amide bonds. The molecule has 0 aromatic rings. The standard InChI is InChI=1S/C3H3N5O/c4-1-2(3(5)9)7-8-6/h2H,(H2,5,9). The van der Waals surface area contributed by atoms with E-state index in [1.54, 1.807) is 0 Å². The normalized spacial score (nSPS) is 10.6. The Morgan fingerprint density at radius 3 is 2.67 bits per heavy atom. The monoisotopic (exact) mass is 125 g/mol. The molecule has 0 aromatic carbocycles. The molecule has 9 heavy (non-hydrogen) atoms. The van der Waals surface area contributed by atoms with Crippen LogP contribution in [0.3, 0.4) is 0 Å². The molecule has 0 aliphatic rings. The third-order valence-electron chi connectivity index (χ3n) is 0.559. The van der Waals surface area contributed by atoms with Crippen molar-refractivity contribution in [2.45, 2.75) is 6.04 Å². The van der Waals surface area contributed by atoms with E-state index in [4.69, 9.17) is 10.8 Å². The van der Waals surface area contributed by atoms with E-state index in [0.717, 1.165) is 0 Å². The van der Waals surface area contributed by atoms with Gasteiger partial charge in [0, 0.05) is 4.91 Å². The zero-order valence-electron chi connectivity index (χ0n) is 4.35. The van der Waals surface area contributed by atoms with Crippen LogP contribution in [-0.2, 0) is 4.79 Å². The number of nitriles is 1. The number of hydrogen-bond acceptors (Lipinski definition) is 3. The van der Waals surface area contributed by atoms with Gasteiger partial charge in [-0.2, -0.15) is 5.26 Å². The number of amides is 1. The lowest BCUT2D eigenvalue weighted by atomic mass is 10.3. The van der Waals surface area contributed by atoms with E-state index in [2.05, 4.69) is 15.8 Å². The summed E-state index contributed by atoms with van der Waals surface area (Å²) in [6, 6.07) is 0.0278. The maximum Gasteiger partial charge on any atom is 0.240 e. The van der Waals surface area contributed by atoms with Gasteiger partial charge in [0.05, 0.1) is 6.07 Å². The average molecular weight is 125 g/mol. The molecule has 0 fully saturated rings. The van der Waals surface area contributed by atoms with Crippen LogP contribution in [0, 0.1) is 11.3 Å². The summed E-state index contributed by atoms with van der Waals surface area (Å²) >= 11 is 0. The fourth-order valence-electron chi connectivity index (χ4n) is 0.198. The van der Waals surface area contributed by atoms with Crippen molar-refractivity contribution < 1.29 is 4.79 Å². The van der Waals surface area contributed by atoms with Crippen molar-refractivity contribution in [3.8, 4) is 6.07 Å². The molecule has 0 spiro atoms. The molecule has 0 aliphatic heterocycles. The number of carbonyl (C=O) groups is 1. The maximum atomic E-state index is 10.1. The van der Waals surface area contributed by atoms with Crippen molar-refractivity contribution in [1.82, 2.24) is 0 Å². The first kappa shape index (κ1) is 7.27. The molecule has 0 heterocycles. The Bertz CT molecular complexity index is 195. The zero-order valence-corrected chi connectivity index (χ0v) is 4.35. The minimum atomic E-state index is -1.38. The van der Waals surface area contributed by atoms with E-state index in [1.807, 2.05) is 0 Å². The Balaban J connectivity index is 4.21. The zero-order chi connectivity index (χ0) is 7.28. The van der Waals surface area contributed by atoms with Gasteiger partial charge in [-0.25, -0.2) is 0 Å². The van der Waals surface area contributed by atoms with Gasteiger partial charge in [0.1, 0.15) is 0 Å². The van der Waals surface area contributed by atoms with Gasteiger partial charge in [-0.1, -0.05) is 5.11 Å². The van der Waals surface area contributed by atoms with E-state index in [-0.39, 0.29) is 0 Å². The highest BCUT2D eigenvalue weighted by atomic mass is 16.1. The summed E-state index contributed by atoms with van der Waals surface area (Å²) in [5.41, 5.74) is 12.3. The van der Waals surface area contributed by atoms with Crippen LogP contribution in [0.1, 0.15) is 0 Å². The molecule has 6 heteroatoms. The third-order valence-corrected chi connectivity index (χ3v) is 0.559. The molecule has 0 rings (SSSR count). The lowest BCUT2D eigenvalue weighted by Crippen LogP contribution is -2.24. The molecule has 1 unspecified atom stereocenters. The molecule has 0 bridgehead atoms. The van der Waals surface area contributed by atoms with Crippen LogP contribution in [-0.4, -0.2) is 11.9 Å². The van der Waals surface area contributed by atoms with Gasteiger partial charge in [-0.05, 0) is 5.53 Å². The summed E-state index contributed by atoms with van der Waals surface area (Å²) in [7, 11) is 0. The molecule has 2 N–H and O–H groups in total. The van der Waals surface area contributed by atoms with Gasteiger partial charge in [0.2, 0.25) is 11.9 Å². The van der Waals surface area contributed by atoms with Crippen LogP contribution < -0.4 is 5.73 Å². The topological polar surface area (TPSA) is 116 Å². The van der Waals surface area contributed by atoms with Crippen LogP contribution in [0.25, 0.3) is 10.4 Å². The lowest BCUT2D eigenvalue weighted by Gasteiger charge is -1.89. The van der Waals surface area contributed by atoms with Crippen molar-refractivity contribution in [1.29, 1.82) is 5.26 Å². The highest BCUT2D eigenvalue weighted by Gasteiger charge is 2.09. The molecule has 0 aliphatic carbocycles. The largest absolute Gasteiger partial charge is 0.368 e. The highest BCUT2D eigenvalue weighted by Crippen LogP contribution is 1.85. The average Bonchev–Trinajstić information content (AvgIpc) is 1.82. The van der Waals surface area contributed by atoms with Gasteiger partial charge < -0.3 is 5.73 Å². The SMILES string of the molecule is N#CC(N=[N+]=[N-])C(N)=O. The second kappa shape index (κ2) is 3.29. The van der Waals surface area contributed by atoms with E-state index in [0.29, 0.717) is 0 Å². The van der Waals surface area contributed by atoms with E-state index < -0.39 is 11.9 Å². The number of nitrogens with two attached hydrogens (primary N) is 1. The van der Waals surface area contributed by atoms with Gasteiger partial charge in [-0.3, -0.25) is 4.79 Å². The molecule has 0 saturated heterocycles. The molecule has 46 valence electrons. The third kappa shape index (κ3) is 2.16. The second-order valence-electron chi connectivity index (χ2n) is 1.14. The van der Waals surface area contributed by atoms with Gasteiger partial charge >= 0.3 is 0 Å². The number of nitrogens with zero attached hydrogens (tertiary/aromatic N) is 4. The first-order valence-electron chi connectivity index (χ1n) is 1.95. The first-order valence-corrected chi connectivity index (χ1v) is 1.95. The summed E-state index contributed by atoms with van der Waals surface area (Å²) in [5.74, 6) is -0.935. The van der Waals surface area contributed by atoms with Crippen molar-refractivity contribution in [3.63, 3.8) is 0 Å². The number of primary amides is 1. The summed E-state index contributed by atoms with van der Waals surface area (Å²) in [6.07, 6.45) is 0. The Morgan fingerprint density at radius 1 is 2.00 bits per heavy atom. The quantitative estimate of drug-likeness (QED) is 0.309. The van der Waals surface area contributed by atoms with Gasteiger partial charge in [0.15, 0.2) is 0 Å². The number of hydrogen-bond donors (Lipinski definition) is 1. The number of rotatable bonds is 2. The van der Waals surface area contributed by atoms with Crippen molar-refractivity contribution in [2.24, 2.45) is 10.8 Å². The summed E-state index contributed by atoms with van der Waals surface area (Å²) < 4.78 is 0. The van der Waals surface area contributed by atoms with Crippen LogP contribution >= 0.6 is 0 Å². The molecular weight excluding hydrogens is 122 g/mol. The molecular formula is C3H3N5O. The highest BCUT2D eigenvalue weighted by molar-refractivity contribution is 5.82. The van der Waals surface area contributed by atoms with E-state index in [9.17, 15) is 4.79 Å². The Hall–Kier alpha value is -1.73. The van der Waals surface area contributed by atoms with Crippen molar-refractivity contribution in [2.75, 3.05) is 0 Å². The Labute approximate surface area is 50.5 Å². The second-order valence-corrected chi connectivity index (χ2v) is 1.14. The Kier molecular flexibility index (Phi) is 2.66. The first-order chi connectivity index (χ1) is 4.22. The number of azide groups is 1. The van der Waals surface area contributed by atoms with Gasteiger partial charge in [-0.15, -0.1) is 0 Å². The predicted octanol–water partition coefficient (Wildman–Crippen LogP) is -0.326. The minimum absolute atomic E-state index is 0.935. The fourth-order valence-corrected chi connectivity index (χ4v) is 0.198. The van der Waals surface area contributed by atoms with Gasteiger partial charge in [0.25, 0.3) is 0 Å². The van der Waals surface area contributed by atoms with Crippen molar-refractivity contribution in [3.05, 3.63) is 10.4 Å². The molecule has 0 aromatic heterocycles. The fraction of sp³-hybridized carbons (Fsp3) is 0.333. The number of carbonyl (C=O) groups excluding carboxylic acids is 1. The molecule has 6 nitrogen and oxygen atoms in total. The minimum Gasteiger partial charge on any atom is -0.368 e. The van der Waals surface area contributed by atoms with E-state index in [1.165, 1.54) is 6.07 Å². The smallest absolute Gasteiger partial charge is 0.240 e. The summed E-state index contributed by atoms with van der Waals surface area (Å²) in [5, 5.41) is 10.8. The van der Waals surface area contributed by atoms with Crippen molar-refractivity contribution >= 4 is 5.91 Å². The van der Waals surface area contributed by atoms with Crippen LogP contribution in [0.15, 0.2) is 5.11 Å². The maximum absolute atomic E-state index is 10.1. The van der Waals surface area contributed by atoms with Crippen LogP contribution in [0.5, 0.6) is 0 Å². The van der Waals surface area contributed by atoms with Crippen LogP contribution in [0.4, 0.5) is 0 Å². The lowest BCUT2D eigenvalue weighted by molar-refractivity contribution is -0.118. The van der Waals surface area contributed by atoms with E-state index >= 15 is 0 Å². The molecule has 0 saturated carbocycles. The summed E-state index contributed by atoms with van der Waals surface area (Å²) in [6.45, 7) is 0. The van der Waals surface area contributed by atoms with Crippen LogP contribution in [0.2, 0.25) is 0 Å². The summed E-state index contributed by atoms with van der Waals surface area (Å²) in [4.78, 5) is 12.3. The molecule has 1 atom stereocenters. The predicted molar refractivity (Wildman–Crippen MR) is 27.7 cm³/mol. The Morgan fingerprint density at radius 2 is 2.56 bits per heavy atom. The molecule has 0 radical (unpaired) electrons.